The van der Waals surface area contributed by atoms with Crippen molar-refractivity contribution < 1.29 is 9.53 Å². The first kappa shape index (κ1) is 18.6. The number of hydrogen-bond acceptors (Lipinski definition) is 5. The van der Waals surface area contributed by atoms with Gasteiger partial charge in [0.15, 0.2) is 5.13 Å². The average molecular weight is 347 g/mol. The number of aryl methyl sites for hydroxylation is 2. The largest absolute Gasteiger partial charge is 0.385 e. The summed E-state index contributed by atoms with van der Waals surface area (Å²) in [6.07, 6.45) is 0.911. The third kappa shape index (κ3) is 5.40. The molecule has 0 bridgehead atoms. The van der Waals surface area contributed by atoms with Gasteiger partial charge in [-0.05, 0) is 32.9 Å². The summed E-state index contributed by atoms with van der Waals surface area (Å²) in [5.41, 5.74) is 4.43. The fourth-order valence-corrected chi connectivity index (χ4v) is 3.24. The Bertz CT molecular complexity index is 685. The van der Waals surface area contributed by atoms with Gasteiger partial charge in [0.2, 0.25) is 5.91 Å². The molecule has 0 spiro atoms. The molecule has 1 N–H and O–H groups in total. The van der Waals surface area contributed by atoms with Crippen LogP contribution in [0.2, 0.25) is 0 Å². The minimum Gasteiger partial charge on any atom is -0.385 e. The fourth-order valence-electron chi connectivity index (χ4n) is 2.52. The van der Waals surface area contributed by atoms with Crippen LogP contribution in [0.1, 0.15) is 17.5 Å². The molecule has 0 atom stereocenters. The van der Waals surface area contributed by atoms with Crippen molar-refractivity contribution in [1.82, 2.24) is 9.88 Å². The van der Waals surface area contributed by atoms with Crippen molar-refractivity contribution in [3.05, 3.63) is 34.7 Å². The maximum Gasteiger partial charge on any atom is 0.240 e. The molecule has 0 radical (unpaired) electrons. The van der Waals surface area contributed by atoms with Crippen LogP contribution < -0.4 is 5.32 Å². The highest BCUT2D eigenvalue weighted by molar-refractivity contribution is 7.14. The van der Waals surface area contributed by atoms with E-state index in [4.69, 9.17) is 4.74 Å². The number of aromatic nitrogens is 1. The molecule has 0 aliphatic heterocycles. The molecule has 24 heavy (non-hydrogen) atoms. The lowest BCUT2D eigenvalue weighted by Crippen LogP contribution is -2.31. The fraction of sp³-hybridized carbons (Fsp3) is 0.444. The summed E-state index contributed by atoms with van der Waals surface area (Å²) in [7, 11) is 3.61. The molecule has 1 aromatic heterocycles. The number of rotatable bonds is 8. The lowest BCUT2D eigenvalue weighted by Gasteiger charge is -2.15. The third-order valence-corrected chi connectivity index (χ3v) is 4.47. The van der Waals surface area contributed by atoms with Crippen molar-refractivity contribution in [2.24, 2.45) is 0 Å². The molecule has 0 fully saturated rings. The first-order chi connectivity index (χ1) is 11.5. The molecule has 0 aliphatic rings. The van der Waals surface area contributed by atoms with E-state index in [1.807, 2.05) is 17.3 Å². The lowest BCUT2D eigenvalue weighted by molar-refractivity contribution is -0.117. The van der Waals surface area contributed by atoms with Gasteiger partial charge < -0.3 is 10.1 Å². The minimum atomic E-state index is -0.0450. The molecule has 5 nitrogen and oxygen atoms in total. The standard InChI is InChI=1S/C18H25N3O2S/c1-13-6-7-15(14(2)10-13)16-12-24-18(19-16)20-17(22)11-21(3)8-5-9-23-4/h6-7,10,12H,5,8-9,11H2,1-4H3,(H,19,20,22). The summed E-state index contributed by atoms with van der Waals surface area (Å²) in [5.74, 6) is -0.0450. The number of amides is 1. The van der Waals surface area contributed by atoms with Crippen LogP contribution in [0.25, 0.3) is 11.3 Å². The minimum absolute atomic E-state index is 0.0450. The Morgan fingerprint density at radius 3 is 2.88 bits per heavy atom. The van der Waals surface area contributed by atoms with E-state index in [-0.39, 0.29) is 5.91 Å². The van der Waals surface area contributed by atoms with E-state index >= 15 is 0 Å². The predicted molar refractivity (Wildman–Crippen MR) is 99.6 cm³/mol. The Balaban J connectivity index is 1.92. The molecule has 2 rings (SSSR count). The Kier molecular flexibility index (Phi) is 6.90. The quantitative estimate of drug-likeness (QED) is 0.744. The molecular weight excluding hydrogens is 322 g/mol. The second-order valence-corrected chi connectivity index (χ2v) is 6.85. The monoisotopic (exact) mass is 347 g/mol. The molecule has 1 amide bonds. The molecule has 130 valence electrons. The Labute approximate surface area is 147 Å². The first-order valence-corrected chi connectivity index (χ1v) is 8.88. The van der Waals surface area contributed by atoms with Gasteiger partial charge in [-0.1, -0.05) is 23.8 Å². The molecule has 1 heterocycles. The van der Waals surface area contributed by atoms with Crippen molar-refractivity contribution in [3.8, 4) is 11.3 Å². The highest BCUT2D eigenvalue weighted by atomic mass is 32.1. The van der Waals surface area contributed by atoms with E-state index in [1.165, 1.54) is 22.5 Å². The number of carbonyl (C=O) groups is 1. The smallest absolute Gasteiger partial charge is 0.240 e. The molecule has 0 aliphatic carbocycles. The number of carbonyl (C=O) groups excluding carboxylic acids is 1. The van der Waals surface area contributed by atoms with Gasteiger partial charge in [0.1, 0.15) is 0 Å². The number of methoxy groups -OCH3 is 1. The van der Waals surface area contributed by atoms with Crippen molar-refractivity contribution in [3.63, 3.8) is 0 Å². The zero-order valence-electron chi connectivity index (χ0n) is 14.8. The Hall–Kier alpha value is -1.76. The van der Waals surface area contributed by atoms with E-state index in [9.17, 15) is 4.79 Å². The second kappa shape index (κ2) is 8.92. The van der Waals surface area contributed by atoms with Gasteiger partial charge in [0.25, 0.3) is 0 Å². The van der Waals surface area contributed by atoms with Crippen LogP contribution in [0.15, 0.2) is 23.6 Å². The van der Waals surface area contributed by atoms with Crippen LogP contribution in [0.3, 0.4) is 0 Å². The number of likely N-dealkylation sites (N-methyl/N-ethyl adjacent to an activating group) is 1. The molecule has 1 aromatic carbocycles. The Morgan fingerprint density at radius 2 is 2.17 bits per heavy atom. The van der Waals surface area contributed by atoms with Gasteiger partial charge in [0.05, 0.1) is 12.2 Å². The molecule has 0 saturated carbocycles. The number of benzene rings is 1. The Morgan fingerprint density at radius 1 is 1.38 bits per heavy atom. The maximum atomic E-state index is 12.1. The third-order valence-electron chi connectivity index (χ3n) is 3.71. The van der Waals surface area contributed by atoms with Crippen LogP contribution in [0.5, 0.6) is 0 Å². The summed E-state index contributed by atoms with van der Waals surface area (Å²) in [5, 5.41) is 5.50. The summed E-state index contributed by atoms with van der Waals surface area (Å²) >= 11 is 1.45. The van der Waals surface area contributed by atoms with E-state index in [0.717, 1.165) is 24.2 Å². The van der Waals surface area contributed by atoms with E-state index in [2.05, 4.69) is 42.3 Å². The van der Waals surface area contributed by atoms with Crippen LogP contribution in [-0.4, -0.2) is 49.6 Å². The normalized spacial score (nSPS) is 11.0. The number of nitrogens with zero attached hydrogens (tertiary/aromatic N) is 2. The molecule has 0 unspecified atom stereocenters. The summed E-state index contributed by atoms with van der Waals surface area (Å²) in [4.78, 5) is 18.6. The van der Waals surface area contributed by atoms with Gasteiger partial charge in [-0.2, -0.15) is 0 Å². The van der Waals surface area contributed by atoms with Crippen molar-refractivity contribution in [2.75, 3.05) is 39.2 Å². The molecule has 6 heteroatoms. The summed E-state index contributed by atoms with van der Waals surface area (Å²) in [6, 6.07) is 6.30. The number of nitrogens with one attached hydrogen (secondary N) is 1. The summed E-state index contributed by atoms with van der Waals surface area (Å²) in [6.45, 7) is 6.04. The van der Waals surface area contributed by atoms with E-state index in [1.54, 1.807) is 7.11 Å². The highest BCUT2D eigenvalue weighted by Crippen LogP contribution is 2.27. The highest BCUT2D eigenvalue weighted by Gasteiger charge is 2.11. The van der Waals surface area contributed by atoms with Gasteiger partial charge in [-0.25, -0.2) is 4.98 Å². The number of thiazole rings is 1. The van der Waals surface area contributed by atoms with Crippen molar-refractivity contribution in [2.45, 2.75) is 20.3 Å². The van der Waals surface area contributed by atoms with Gasteiger partial charge >= 0.3 is 0 Å². The average Bonchev–Trinajstić information content (AvgIpc) is 2.95. The van der Waals surface area contributed by atoms with Crippen LogP contribution >= 0.6 is 11.3 Å². The SMILES string of the molecule is COCCCN(C)CC(=O)Nc1nc(-c2ccc(C)cc2C)cs1. The molecule has 2 aromatic rings. The van der Waals surface area contributed by atoms with Crippen molar-refractivity contribution >= 4 is 22.4 Å². The molecular formula is C18H25N3O2S. The van der Waals surface area contributed by atoms with Crippen LogP contribution in [0.4, 0.5) is 5.13 Å². The maximum absolute atomic E-state index is 12.1. The van der Waals surface area contributed by atoms with Crippen LogP contribution in [0, 0.1) is 13.8 Å². The predicted octanol–water partition coefficient (Wildman–Crippen LogP) is 3.33. The van der Waals surface area contributed by atoms with E-state index < -0.39 is 0 Å². The van der Waals surface area contributed by atoms with Gasteiger partial charge in [-0.3, -0.25) is 9.69 Å². The topological polar surface area (TPSA) is 54.5 Å². The van der Waals surface area contributed by atoms with Crippen LogP contribution in [-0.2, 0) is 9.53 Å². The number of hydrogen-bond donors (Lipinski definition) is 1. The van der Waals surface area contributed by atoms with Crippen molar-refractivity contribution in [1.29, 1.82) is 0 Å². The lowest BCUT2D eigenvalue weighted by atomic mass is 10.0. The molecule has 0 saturated heterocycles. The first-order valence-electron chi connectivity index (χ1n) is 8.00. The summed E-state index contributed by atoms with van der Waals surface area (Å²) < 4.78 is 5.02. The second-order valence-electron chi connectivity index (χ2n) is 5.99. The number of ether oxygens (including phenoxy) is 1. The van der Waals surface area contributed by atoms with Gasteiger partial charge in [-0.15, -0.1) is 11.3 Å². The van der Waals surface area contributed by atoms with E-state index in [0.29, 0.717) is 18.3 Å². The zero-order chi connectivity index (χ0) is 17.5. The zero-order valence-corrected chi connectivity index (χ0v) is 15.6. The van der Waals surface area contributed by atoms with Gasteiger partial charge in [0, 0.05) is 31.2 Å². The number of anilines is 1.